The van der Waals surface area contributed by atoms with Crippen LogP contribution in [0.1, 0.15) is 36.2 Å². The van der Waals surface area contributed by atoms with Gasteiger partial charge in [-0.15, -0.1) is 0 Å². The Balaban J connectivity index is 2.35. The first-order chi connectivity index (χ1) is 9.91. The minimum absolute atomic E-state index is 0.0721. The molecular formula is C19H19NO. The molecule has 0 spiro atoms. The lowest BCUT2D eigenvalue weighted by Crippen LogP contribution is -2.20. The van der Waals surface area contributed by atoms with E-state index in [1.165, 1.54) is 27.5 Å². The third-order valence-electron chi connectivity index (χ3n) is 5.03. The van der Waals surface area contributed by atoms with Crippen molar-refractivity contribution >= 4 is 21.9 Å². The van der Waals surface area contributed by atoms with Crippen LogP contribution < -0.4 is 0 Å². The second-order valence-electron chi connectivity index (χ2n) is 6.73. The molecule has 0 saturated carbocycles. The van der Waals surface area contributed by atoms with Gasteiger partial charge in [0, 0.05) is 29.0 Å². The van der Waals surface area contributed by atoms with Crippen molar-refractivity contribution < 1.29 is 4.42 Å². The molecule has 0 aliphatic heterocycles. The molecule has 0 amide bonds. The Hall–Kier alpha value is -2.09. The number of rotatable bonds is 0. The van der Waals surface area contributed by atoms with Gasteiger partial charge in [-0.1, -0.05) is 38.1 Å². The Morgan fingerprint density at radius 2 is 1.81 bits per heavy atom. The molecule has 0 N–H and O–H groups in total. The second kappa shape index (κ2) is 3.76. The average molecular weight is 277 g/mol. The standard InChI is InChI=1S/C19H19NO/c1-10-6-7-13-15-16-14(8-12(3)19(13,4)5)20-9-11(2)18(16)21-17(10)15/h6-7,9H,3,8H2,1-2,4-5H3. The summed E-state index contributed by atoms with van der Waals surface area (Å²) in [4.78, 5) is 4.68. The molecule has 0 bridgehead atoms. The van der Waals surface area contributed by atoms with Gasteiger partial charge in [-0.05, 0) is 25.0 Å². The van der Waals surface area contributed by atoms with Crippen molar-refractivity contribution in [2.75, 3.05) is 0 Å². The highest BCUT2D eigenvalue weighted by Crippen LogP contribution is 2.46. The van der Waals surface area contributed by atoms with E-state index in [1.807, 2.05) is 6.20 Å². The van der Waals surface area contributed by atoms with Crippen LogP contribution in [0.3, 0.4) is 0 Å². The maximum absolute atomic E-state index is 6.23. The molecule has 106 valence electrons. The molecule has 21 heavy (non-hydrogen) atoms. The van der Waals surface area contributed by atoms with Crippen molar-refractivity contribution in [3.05, 3.63) is 52.9 Å². The Bertz CT molecular complexity index is 928. The van der Waals surface area contributed by atoms with E-state index in [0.717, 1.165) is 28.8 Å². The number of allylic oxidation sites excluding steroid dienone is 1. The molecule has 1 aliphatic rings. The molecule has 1 aromatic carbocycles. The molecule has 0 radical (unpaired) electrons. The van der Waals surface area contributed by atoms with Crippen molar-refractivity contribution in [1.29, 1.82) is 0 Å². The molecule has 2 heteroatoms. The Morgan fingerprint density at radius 3 is 2.57 bits per heavy atom. The first-order valence-corrected chi connectivity index (χ1v) is 7.40. The van der Waals surface area contributed by atoms with Gasteiger partial charge < -0.3 is 4.42 Å². The van der Waals surface area contributed by atoms with Gasteiger partial charge in [0.15, 0.2) is 0 Å². The van der Waals surface area contributed by atoms with Crippen LogP contribution in [0.5, 0.6) is 0 Å². The number of pyridine rings is 1. The van der Waals surface area contributed by atoms with E-state index in [1.54, 1.807) is 0 Å². The van der Waals surface area contributed by atoms with E-state index >= 15 is 0 Å². The van der Waals surface area contributed by atoms with Gasteiger partial charge in [-0.2, -0.15) is 0 Å². The van der Waals surface area contributed by atoms with E-state index < -0.39 is 0 Å². The number of aromatic nitrogens is 1. The molecule has 0 atom stereocenters. The summed E-state index contributed by atoms with van der Waals surface area (Å²) in [5, 5.41) is 2.43. The summed E-state index contributed by atoms with van der Waals surface area (Å²) in [5.41, 5.74) is 7.80. The van der Waals surface area contributed by atoms with Crippen molar-refractivity contribution in [2.45, 2.75) is 39.5 Å². The summed E-state index contributed by atoms with van der Waals surface area (Å²) in [6, 6.07) is 4.39. The first-order valence-electron chi connectivity index (χ1n) is 7.40. The number of furan rings is 1. The van der Waals surface area contributed by atoms with Crippen molar-refractivity contribution in [3.8, 4) is 0 Å². The summed E-state index contributed by atoms with van der Waals surface area (Å²) in [6.07, 6.45) is 2.73. The van der Waals surface area contributed by atoms with Gasteiger partial charge in [0.25, 0.3) is 0 Å². The summed E-state index contributed by atoms with van der Waals surface area (Å²) in [7, 11) is 0. The Kier molecular flexibility index (Phi) is 2.26. The zero-order valence-corrected chi connectivity index (χ0v) is 13.0. The number of aryl methyl sites for hydroxylation is 2. The van der Waals surface area contributed by atoms with Gasteiger partial charge >= 0.3 is 0 Å². The van der Waals surface area contributed by atoms with Crippen LogP contribution in [-0.2, 0) is 11.8 Å². The normalized spacial score (nSPS) is 16.9. The molecule has 0 fully saturated rings. The molecule has 2 aromatic heterocycles. The molecule has 2 heterocycles. The highest BCUT2D eigenvalue weighted by Gasteiger charge is 2.33. The van der Waals surface area contributed by atoms with E-state index in [4.69, 9.17) is 4.42 Å². The minimum Gasteiger partial charge on any atom is -0.455 e. The lowest BCUT2D eigenvalue weighted by molar-refractivity contribution is 0.611. The molecule has 2 nitrogen and oxygen atoms in total. The number of hydrogen-bond donors (Lipinski definition) is 0. The van der Waals surface area contributed by atoms with Gasteiger partial charge in [0.1, 0.15) is 11.2 Å². The van der Waals surface area contributed by atoms with Gasteiger partial charge in [0.05, 0.1) is 11.1 Å². The van der Waals surface area contributed by atoms with Gasteiger partial charge in [-0.3, -0.25) is 4.98 Å². The van der Waals surface area contributed by atoms with Gasteiger partial charge in [0.2, 0.25) is 0 Å². The monoisotopic (exact) mass is 277 g/mol. The third kappa shape index (κ3) is 1.45. The molecule has 3 aromatic rings. The Morgan fingerprint density at radius 1 is 1.10 bits per heavy atom. The zero-order valence-electron chi connectivity index (χ0n) is 13.0. The van der Waals surface area contributed by atoms with E-state index in [2.05, 4.69) is 51.4 Å². The summed E-state index contributed by atoms with van der Waals surface area (Å²) >= 11 is 0. The molecular weight excluding hydrogens is 258 g/mol. The van der Waals surface area contributed by atoms with Crippen LogP contribution in [0, 0.1) is 13.8 Å². The van der Waals surface area contributed by atoms with E-state index in [0.29, 0.717) is 0 Å². The van der Waals surface area contributed by atoms with Crippen LogP contribution >= 0.6 is 0 Å². The number of hydrogen-bond acceptors (Lipinski definition) is 2. The minimum atomic E-state index is -0.0721. The first kappa shape index (κ1) is 12.6. The highest BCUT2D eigenvalue weighted by atomic mass is 16.3. The zero-order chi connectivity index (χ0) is 14.9. The summed E-state index contributed by atoms with van der Waals surface area (Å²) < 4.78 is 6.23. The van der Waals surface area contributed by atoms with Crippen LogP contribution in [0.15, 0.2) is 34.9 Å². The number of benzene rings is 1. The van der Waals surface area contributed by atoms with Crippen LogP contribution in [-0.4, -0.2) is 4.98 Å². The lowest BCUT2D eigenvalue weighted by atomic mass is 9.76. The predicted octanol–water partition coefficient (Wildman–Crippen LogP) is 4.99. The van der Waals surface area contributed by atoms with E-state index in [-0.39, 0.29) is 5.41 Å². The van der Waals surface area contributed by atoms with Crippen molar-refractivity contribution in [1.82, 2.24) is 4.98 Å². The SMILES string of the molecule is C=C1Cc2ncc(C)c3oc4c(C)ccc(c4c23)C1(C)C. The van der Waals surface area contributed by atoms with Crippen LogP contribution in [0.2, 0.25) is 0 Å². The maximum Gasteiger partial charge on any atom is 0.141 e. The largest absolute Gasteiger partial charge is 0.455 e. The molecule has 0 saturated heterocycles. The quantitative estimate of drug-likeness (QED) is 0.541. The maximum atomic E-state index is 6.23. The second-order valence-corrected chi connectivity index (χ2v) is 6.73. The van der Waals surface area contributed by atoms with Crippen LogP contribution in [0.25, 0.3) is 21.9 Å². The third-order valence-corrected chi connectivity index (χ3v) is 5.03. The highest BCUT2D eigenvalue weighted by molar-refractivity contribution is 6.10. The molecule has 4 rings (SSSR count). The average Bonchev–Trinajstić information content (AvgIpc) is 2.80. The summed E-state index contributed by atoms with van der Waals surface area (Å²) in [5.74, 6) is 0. The summed E-state index contributed by atoms with van der Waals surface area (Å²) in [6.45, 7) is 13.0. The fraction of sp³-hybridized carbons (Fsp3) is 0.316. The molecule has 0 unspecified atom stereocenters. The van der Waals surface area contributed by atoms with E-state index in [9.17, 15) is 0 Å². The fourth-order valence-corrected chi connectivity index (χ4v) is 3.45. The Labute approximate surface area is 124 Å². The van der Waals surface area contributed by atoms with Crippen molar-refractivity contribution in [2.24, 2.45) is 0 Å². The smallest absolute Gasteiger partial charge is 0.141 e. The fourth-order valence-electron chi connectivity index (χ4n) is 3.45. The molecule has 1 aliphatic carbocycles. The van der Waals surface area contributed by atoms with Gasteiger partial charge in [-0.25, -0.2) is 0 Å². The van der Waals surface area contributed by atoms with Crippen molar-refractivity contribution in [3.63, 3.8) is 0 Å². The number of nitrogens with zero attached hydrogens (tertiary/aromatic N) is 1. The van der Waals surface area contributed by atoms with Crippen LogP contribution in [0.4, 0.5) is 0 Å². The topological polar surface area (TPSA) is 26.0 Å². The lowest BCUT2D eigenvalue weighted by Gasteiger charge is -2.27. The predicted molar refractivity (Wildman–Crippen MR) is 86.9 cm³/mol.